The SMILES string of the molecule is CCc1cc2c(-c3cnc4ccccc4c3)cccc2[cH-]1.CCc1cc2c(-c3cnc4ccccc4c3)cccc2[cH-]1.C[Si](C)=[Zr+2].[Cl-].[Cl-]. The van der Waals surface area contributed by atoms with Crippen molar-refractivity contribution in [1.82, 2.24) is 9.97 Å². The summed E-state index contributed by atoms with van der Waals surface area (Å²) in [6, 6.07) is 43.2. The molecule has 0 atom stereocenters. The monoisotopic (exact) mass is 758 g/mol. The van der Waals surface area contributed by atoms with Crippen LogP contribution in [0.1, 0.15) is 25.0 Å². The second-order valence-corrected chi connectivity index (χ2v) is 21.3. The molecular formula is C42H38Cl2N2SiZr-2. The van der Waals surface area contributed by atoms with Gasteiger partial charge in [-0.3, -0.25) is 9.97 Å². The summed E-state index contributed by atoms with van der Waals surface area (Å²) in [5.74, 6) is 0. The zero-order valence-corrected chi connectivity index (χ0v) is 32.7. The molecule has 0 aliphatic carbocycles. The van der Waals surface area contributed by atoms with Gasteiger partial charge in [0.2, 0.25) is 0 Å². The van der Waals surface area contributed by atoms with Gasteiger partial charge in [0.05, 0.1) is 11.0 Å². The number of aromatic nitrogens is 2. The van der Waals surface area contributed by atoms with Gasteiger partial charge in [-0.1, -0.05) is 73.5 Å². The standard InChI is InChI=1S/2C20H16N.C2H6Si.2ClH.Zr/c2*1-2-14-10-15-7-5-8-18(19(15)11-14)17-12-16-6-3-4-9-20(16)21-13-17;1-3-2;;;/h2*3-13H,2H2,1H3;1-2H3;2*1H;/q2*-1;;;;+2/p-2. The Morgan fingerprint density at radius 3 is 1.35 bits per heavy atom. The second kappa shape index (κ2) is 17.3. The van der Waals surface area contributed by atoms with Crippen molar-refractivity contribution in [3.63, 3.8) is 0 Å². The molecule has 0 saturated heterocycles. The molecule has 8 rings (SSSR count). The summed E-state index contributed by atoms with van der Waals surface area (Å²) < 4.78 is 0. The molecule has 48 heavy (non-hydrogen) atoms. The van der Waals surface area contributed by atoms with Crippen molar-refractivity contribution in [1.29, 1.82) is 0 Å². The van der Waals surface area contributed by atoms with Gasteiger partial charge in [0.1, 0.15) is 0 Å². The molecule has 2 aromatic heterocycles. The fraction of sp³-hybridized carbons (Fsp3) is 0.143. The first-order valence-electron chi connectivity index (χ1n) is 16.0. The van der Waals surface area contributed by atoms with E-state index in [-0.39, 0.29) is 30.2 Å². The molecule has 0 spiro atoms. The molecule has 0 saturated carbocycles. The van der Waals surface area contributed by atoms with Crippen LogP contribution in [0.4, 0.5) is 0 Å². The maximum absolute atomic E-state index is 4.59. The molecule has 0 amide bonds. The van der Waals surface area contributed by atoms with Gasteiger partial charge < -0.3 is 24.8 Å². The fourth-order valence-corrected chi connectivity index (χ4v) is 5.94. The first-order chi connectivity index (χ1) is 22.4. The first kappa shape index (κ1) is 37.4. The van der Waals surface area contributed by atoms with Crippen LogP contribution in [0, 0.1) is 0 Å². The third-order valence-corrected chi connectivity index (χ3v) is 8.24. The van der Waals surface area contributed by atoms with Crippen LogP contribution < -0.4 is 24.8 Å². The summed E-state index contributed by atoms with van der Waals surface area (Å²) in [6.07, 6.45) is 6.11. The molecule has 0 N–H and O–H groups in total. The van der Waals surface area contributed by atoms with Gasteiger partial charge in [-0.15, -0.1) is 69.1 Å². The summed E-state index contributed by atoms with van der Waals surface area (Å²) >= 11 is 1.74. The van der Waals surface area contributed by atoms with Crippen molar-refractivity contribution in [2.45, 2.75) is 39.8 Å². The van der Waals surface area contributed by atoms with Crippen molar-refractivity contribution < 1.29 is 48.1 Å². The Balaban J connectivity index is 0.000000188. The van der Waals surface area contributed by atoms with Gasteiger partial charge in [-0.05, 0) is 48.2 Å². The van der Waals surface area contributed by atoms with Gasteiger partial charge in [0.25, 0.3) is 0 Å². The van der Waals surface area contributed by atoms with E-state index in [4.69, 9.17) is 0 Å². The van der Waals surface area contributed by atoms with Crippen LogP contribution in [-0.2, 0) is 36.2 Å². The zero-order valence-electron chi connectivity index (χ0n) is 27.8. The van der Waals surface area contributed by atoms with E-state index >= 15 is 0 Å². The van der Waals surface area contributed by atoms with Gasteiger partial charge >= 0.3 is 41.9 Å². The van der Waals surface area contributed by atoms with Crippen LogP contribution in [0.15, 0.2) is 134 Å². The van der Waals surface area contributed by atoms with Crippen molar-refractivity contribution in [2.75, 3.05) is 0 Å². The first-order valence-corrected chi connectivity index (χ1v) is 22.2. The van der Waals surface area contributed by atoms with Gasteiger partial charge in [-0.25, -0.2) is 0 Å². The second-order valence-electron chi connectivity index (χ2n) is 11.9. The molecule has 6 heteroatoms. The average molecular weight is 761 g/mol. The molecule has 8 aromatic rings. The quantitative estimate of drug-likeness (QED) is 0.176. The van der Waals surface area contributed by atoms with Crippen LogP contribution in [0.25, 0.3) is 65.6 Å². The predicted molar refractivity (Wildman–Crippen MR) is 197 cm³/mol. The minimum Gasteiger partial charge on any atom is -1.00 e. The van der Waals surface area contributed by atoms with E-state index in [0.29, 0.717) is 0 Å². The van der Waals surface area contributed by atoms with E-state index in [0.717, 1.165) is 23.9 Å². The molecule has 0 radical (unpaired) electrons. The number of fused-ring (bicyclic) bond motifs is 4. The summed E-state index contributed by atoms with van der Waals surface area (Å²) in [5.41, 5.74) is 10.0. The molecular weight excluding hydrogens is 723 g/mol. The zero-order chi connectivity index (χ0) is 32.0. The van der Waals surface area contributed by atoms with E-state index in [1.165, 1.54) is 65.7 Å². The number of pyridine rings is 2. The molecule has 240 valence electrons. The molecule has 0 fully saturated rings. The summed E-state index contributed by atoms with van der Waals surface area (Å²) in [5, 5.41) is 7.66. The number of hydrogen-bond acceptors (Lipinski definition) is 2. The molecule has 0 aliphatic rings. The minimum absolute atomic E-state index is 0. The molecule has 6 aromatic carbocycles. The number of para-hydroxylation sites is 2. The van der Waals surface area contributed by atoms with Crippen LogP contribution in [0.3, 0.4) is 0 Å². The fourth-order valence-electron chi connectivity index (χ4n) is 5.94. The van der Waals surface area contributed by atoms with Crippen LogP contribution in [-0.4, -0.2) is 15.4 Å². The Hall–Kier alpha value is -3.40. The van der Waals surface area contributed by atoms with E-state index in [9.17, 15) is 0 Å². The van der Waals surface area contributed by atoms with Gasteiger partial charge in [0, 0.05) is 23.2 Å². The Labute approximate surface area is 311 Å². The Morgan fingerprint density at radius 1 is 0.562 bits per heavy atom. The number of hydrogen-bond donors (Lipinski definition) is 0. The number of nitrogens with zero attached hydrogens (tertiary/aromatic N) is 2. The number of benzene rings is 4. The van der Waals surface area contributed by atoms with E-state index in [1.54, 1.807) is 23.3 Å². The Bertz CT molecular complexity index is 2140. The molecule has 0 bridgehead atoms. The average Bonchev–Trinajstić information content (AvgIpc) is 3.72. The van der Waals surface area contributed by atoms with Crippen LogP contribution in [0.5, 0.6) is 0 Å². The summed E-state index contributed by atoms with van der Waals surface area (Å²) in [6.45, 7) is 9.02. The van der Waals surface area contributed by atoms with Crippen molar-refractivity contribution in [3.05, 3.63) is 145 Å². The predicted octanol–water partition coefficient (Wildman–Crippen LogP) is 5.46. The minimum atomic E-state index is 0. The summed E-state index contributed by atoms with van der Waals surface area (Å²) in [7, 11) is 0. The normalized spacial score (nSPS) is 10.5. The smallest absolute Gasteiger partial charge is 1.00 e. The maximum Gasteiger partial charge on any atom is -1.00 e. The van der Waals surface area contributed by atoms with Crippen LogP contribution in [0.2, 0.25) is 13.1 Å². The molecule has 2 nitrogen and oxygen atoms in total. The van der Waals surface area contributed by atoms with E-state index < -0.39 is 0 Å². The largest absolute Gasteiger partial charge is 1.00 e. The number of aryl methyl sites for hydroxylation is 2. The Kier molecular flexibility index (Phi) is 13.5. The maximum atomic E-state index is 4.59. The van der Waals surface area contributed by atoms with Crippen molar-refractivity contribution in [3.8, 4) is 22.3 Å². The van der Waals surface area contributed by atoms with E-state index in [2.05, 4.69) is 146 Å². The topological polar surface area (TPSA) is 25.8 Å². The molecule has 0 aliphatic heterocycles. The third-order valence-electron chi connectivity index (χ3n) is 8.24. The van der Waals surface area contributed by atoms with Gasteiger partial charge in [-0.2, -0.15) is 12.1 Å². The Morgan fingerprint density at radius 2 is 0.958 bits per heavy atom. The number of rotatable bonds is 4. The van der Waals surface area contributed by atoms with Crippen molar-refractivity contribution >= 4 is 48.8 Å². The van der Waals surface area contributed by atoms with E-state index in [1.807, 2.05) is 24.5 Å². The van der Waals surface area contributed by atoms with Crippen LogP contribution >= 0.6 is 0 Å². The molecule has 2 heterocycles. The number of halogens is 2. The van der Waals surface area contributed by atoms with Gasteiger partial charge in [0.15, 0.2) is 0 Å². The summed E-state index contributed by atoms with van der Waals surface area (Å²) in [4.78, 5) is 9.18. The third kappa shape index (κ3) is 8.60. The van der Waals surface area contributed by atoms with Crippen molar-refractivity contribution in [2.24, 2.45) is 0 Å². The molecule has 0 unspecified atom stereocenters.